The zero-order chi connectivity index (χ0) is 15.6. The molecule has 5 nitrogen and oxygen atoms in total. The molecule has 112 valence electrons. The van der Waals surface area contributed by atoms with Crippen LogP contribution in [0, 0.1) is 5.82 Å². The third-order valence-corrected chi connectivity index (χ3v) is 3.29. The number of carbonyl (C=O) groups is 1. The van der Waals surface area contributed by atoms with E-state index in [-0.39, 0.29) is 6.61 Å². The van der Waals surface area contributed by atoms with E-state index in [9.17, 15) is 14.3 Å². The van der Waals surface area contributed by atoms with Crippen molar-refractivity contribution in [1.29, 1.82) is 0 Å². The van der Waals surface area contributed by atoms with Gasteiger partial charge in [-0.15, -0.1) is 0 Å². The molecule has 1 atom stereocenters. The standard InChI is InChI=1S/C14H15FN2O3S/c1-3-20-13(19)11-7(2)16-14(21)17-12(11)8-4-5-9(15)10(18)6-8/h4-6,12,18H,3H2,1-2H3,(H2,16,17,21)/i15-1. The molecule has 1 heterocycles. The maximum absolute atomic E-state index is 13.2. The molecular weight excluding hydrogens is 294 g/mol. The van der Waals surface area contributed by atoms with E-state index < -0.39 is 23.6 Å². The molecule has 2 rings (SSSR count). The first-order valence-corrected chi connectivity index (χ1v) is 6.78. The maximum atomic E-state index is 13.2. The summed E-state index contributed by atoms with van der Waals surface area (Å²) in [6, 6.07) is 3.26. The third kappa shape index (κ3) is 3.13. The minimum Gasteiger partial charge on any atom is -0.505 e. The van der Waals surface area contributed by atoms with Crippen LogP contribution >= 0.6 is 12.2 Å². The number of rotatable bonds is 3. The van der Waals surface area contributed by atoms with Crippen LogP contribution in [0.4, 0.5) is 4.39 Å². The molecule has 7 heteroatoms. The van der Waals surface area contributed by atoms with Crippen molar-refractivity contribution in [2.24, 2.45) is 0 Å². The molecule has 0 saturated carbocycles. The molecule has 0 aromatic heterocycles. The lowest BCUT2D eigenvalue weighted by Crippen LogP contribution is -2.45. The van der Waals surface area contributed by atoms with Crippen molar-refractivity contribution in [2.75, 3.05) is 6.61 Å². The number of aromatic hydroxyl groups is 1. The second kappa shape index (κ2) is 6.09. The lowest BCUT2D eigenvalue weighted by molar-refractivity contribution is -0.139. The van der Waals surface area contributed by atoms with Crippen LogP contribution in [0.1, 0.15) is 25.5 Å². The first kappa shape index (κ1) is 15.2. The van der Waals surface area contributed by atoms with E-state index in [4.69, 9.17) is 17.0 Å². The highest BCUT2D eigenvalue weighted by molar-refractivity contribution is 7.80. The highest BCUT2D eigenvalue weighted by Gasteiger charge is 2.31. The number of allylic oxidation sites excluding steroid dienone is 1. The van der Waals surface area contributed by atoms with Gasteiger partial charge in [-0.2, -0.15) is 0 Å². The Kier molecular flexibility index (Phi) is 4.42. The molecule has 0 bridgehead atoms. The number of hydrogen-bond donors (Lipinski definition) is 3. The summed E-state index contributed by atoms with van der Waals surface area (Å²) in [7, 11) is 0. The fourth-order valence-electron chi connectivity index (χ4n) is 2.13. The predicted molar refractivity (Wildman–Crippen MR) is 79.0 cm³/mol. The molecular formula is C14H15FN2O3S. The van der Waals surface area contributed by atoms with Crippen LogP contribution in [0.25, 0.3) is 0 Å². The summed E-state index contributed by atoms with van der Waals surface area (Å²) < 4.78 is 18.2. The Morgan fingerprint density at radius 1 is 1.52 bits per heavy atom. The topological polar surface area (TPSA) is 70.6 Å². The Morgan fingerprint density at radius 3 is 2.86 bits per heavy atom. The summed E-state index contributed by atoms with van der Waals surface area (Å²) in [4.78, 5) is 12.1. The van der Waals surface area contributed by atoms with Crippen molar-refractivity contribution in [3.63, 3.8) is 0 Å². The van der Waals surface area contributed by atoms with E-state index in [2.05, 4.69) is 10.6 Å². The summed E-state index contributed by atoms with van der Waals surface area (Å²) in [5.41, 5.74) is 1.42. The fraction of sp³-hybridized carbons (Fsp3) is 0.286. The van der Waals surface area contributed by atoms with Gasteiger partial charge in [-0.25, -0.2) is 9.18 Å². The van der Waals surface area contributed by atoms with Gasteiger partial charge in [0.25, 0.3) is 0 Å². The zero-order valence-electron chi connectivity index (χ0n) is 11.6. The van der Waals surface area contributed by atoms with Crippen LogP contribution in [0.5, 0.6) is 5.75 Å². The summed E-state index contributed by atoms with van der Waals surface area (Å²) >= 11 is 5.08. The quantitative estimate of drug-likeness (QED) is 0.585. The summed E-state index contributed by atoms with van der Waals surface area (Å²) in [5, 5.41) is 15.6. The lowest BCUT2D eigenvalue weighted by atomic mass is 9.95. The second-order valence-electron chi connectivity index (χ2n) is 4.50. The minimum atomic E-state index is -0.728. The van der Waals surface area contributed by atoms with E-state index in [1.54, 1.807) is 13.8 Å². The maximum Gasteiger partial charge on any atom is 0.338 e. The van der Waals surface area contributed by atoms with Gasteiger partial charge in [0, 0.05) is 5.70 Å². The molecule has 0 spiro atoms. The predicted octanol–water partition coefficient (Wildman–Crippen LogP) is 1.89. The Morgan fingerprint density at radius 2 is 2.24 bits per heavy atom. The van der Waals surface area contributed by atoms with E-state index in [1.165, 1.54) is 12.1 Å². The van der Waals surface area contributed by atoms with E-state index in [0.717, 1.165) is 6.07 Å². The summed E-state index contributed by atoms with van der Waals surface area (Å²) in [6.07, 6.45) is 0. The third-order valence-electron chi connectivity index (χ3n) is 3.07. The molecule has 1 aromatic rings. The molecule has 1 aliphatic rings. The van der Waals surface area contributed by atoms with E-state index in [0.29, 0.717) is 21.9 Å². The highest BCUT2D eigenvalue weighted by Crippen LogP contribution is 2.30. The molecule has 1 aliphatic heterocycles. The van der Waals surface area contributed by atoms with Crippen molar-refractivity contribution in [3.8, 4) is 5.75 Å². The minimum absolute atomic E-state index is 0.238. The second-order valence-corrected chi connectivity index (χ2v) is 4.91. The largest absolute Gasteiger partial charge is 0.505 e. The number of hydrogen-bond acceptors (Lipinski definition) is 4. The van der Waals surface area contributed by atoms with Gasteiger partial charge in [-0.05, 0) is 43.8 Å². The van der Waals surface area contributed by atoms with Crippen molar-refractivity contribution in [1.82, 2.24) is 10.6 Å². The van der Waals surface area contributed by atoms with Gasteiger partial charge in [-0.3, -0.25) is 0 Å². The van der Waals surface area contributed by atoms with Crippen LogP contribution < -0.4 is 10.6 Å². The average molecular weight is 309 g/mol. The van der Waals surface area contributed by atoms with Crippen molar-refractivity contribution in [3.05, 3.63) is 40.8 Å². The van der Waals surface area contributed by atoms with Crippen LogP contribution in [0.15, 0.2) is 29.5 Å². The molecule has 0 amide bonds. The van der Waals surface area contributed by atoms with E-state index >= 15 is 0 Å². The number of benzene rings is 1. The van der Waals surface area contributed by atoms with Gasteiger partial charge in [0.2, 0.25) is 0 Å². The molecule has 1 unspecified atom stereocenters. The Hall–Kier alpha value is -2.15. The van der Waals surface area contributed by atoms with Crippen LogP contribution in [0.3, 0.4) is 0 Å². The lowest BCUT2D eigenvalue weighted by Gasteiger charge is -2.29. The van der Waals surface area contributed by atoms with Gasteiger partial charge in [0.1, 0.15) is 0 Å². The normalized spacial score (nSPS) is 18.0. The number of thiocarbonyl (C=S) groups is 1. The Balaban J connectivity index is 2.46. The molecule has 3 N–H and O–H groups in total. The molecule has 0 aliphatic carbocycles. The first-order chi connectivity index (χ1) is 9.93. The van der Waals surface area contributed by atoms with Gasteiger partial charge >= 0.3 is 5.97 Å². The average Bonchev–Trinajstić information content (AvgIpc) is 2.41. The summed E-state index contributed by atoms with van der Waals surface area (Å²) in [5.74, 6) is -1.71. The number of carbonyl (C=O) groups excluding carboxylic acids is 1. The number of esters is 1. The van der Waals surface area contributed by atoms with Gasteiger partial charge in [0.05, 0.1) is 18.2 Å². The van der Waals surface area contributed by atoms with Crippen LogP contribution in [0.2, 0.25) is 0 Å². The molecule has 0 fully saturated rings. The number of phenolic OH excluding ortho intramolecular Hbond substituents is 1. The molecule has 0 radical (unpaired) electrons. The zero-order valence-corrected chi connectivity index (χ0v) is 12.4. The Bertz CT molecular complexity index is 631. The smallest absolute Gasteiger partial charge is 0.338 e. The Labute approximate surface area is 126 Å². The number of halogens is 1. The van der Waals surface area contributed by atoms with Crippen molar-refractivity contribution < 1.29 is 19.0 Å². The van der Waals surface area contributed by atoms with Crippen molar-refractivity contribution >= 4 is 23.3 Å². The van der Waals surface area contributed by atoms with E-state index in [1.807, 2.05) is 0 Å². The highest BCUT2D eigenvalue weighted by atomic mass is 32.1. The van der Waals surface area contributed by atoms with Crippen LogP contribution in [-0.2, 0) is 9.53 Å². The SMILES string of the molecule is CCOC(=O)C1=C(C)NC(=S)NC1c1ccc([18F])c(O)c1. The van der Waals surface area contributed by atoms with Crippen molar-refractivity contribution in [2.45, 2.75) is 19.9 Å². The number of phenols is 1. The van der Waals surface area contributed by atoms with Gasteiger partial charge < -0.3 is 20.5 Å². The summed E-state index contributed by atoms with van der Waals surface area (Å²) in [6.45, 7) is 3.65. The number of nitrogens with one attached hydrogen (secondary N) is 2. The van der Waals surface area contributed by atoms with Gasteiger partial charge in [0.15, 0.2) is 16.7 Å². The number of ether oxygens (including phenoxy) is 1. The molecule has 21 heavy (non-hydrogen) atoms. The monoisotopic (exact) mass is 309 g/mol. The van der Waals surface area contributed by atoms with Crippen LogP contribution in [-0.4, -0.2) is 22.8 Å². The first-order valence-electron chi connectivity index (χ1n) is 6.37. The van der Waals surface area contributed by atoms with Gasteiger partial charge in [-0.1, -0.05) is 6.07 Å². The molecule has 0 saturated heterocycles. The molecule has 1 aromatic carbocycles. The fourth-order valence-corrected chi connectivity index (χ4v) is 2.40.